The van der Waals surface area contributed by atoms with E-state index in [0.717, 1.165) is 0 Å². The molecule has 2 aromatic carbocycles. The van der Waals surface area contributed by atoms with Crippen molar-refractivity contribution in [1.82, 2.24) is 15.1 Å². The number of halogens is 3. The largest absolute Gasteiger partial charge is 0.573 e. The minimum Gasteiger partial charge on any atom is -0.406 e. The lowest BCUT2D eigenvalue weighted by atomic mass is 9.95. The molecule has 2 heterocycles. The lowest BCUT2D eigenvalue weighted by Crippen LogP contribution is -2.36. The number of aliphatic hydroxyl groups excluding tert-OH is 1. The topological polar surface area (TPSA) is 105 Å². The van der Waals surface area contributed by atoms with Crippen molar-refractivity contribution >= 4 is 17.6 Å². The van der Waals surface area contributed by atoms with Gasteiger partial charge in [0.15, 0.2) is 5.82 Å². The molecule has 1 aromatic heterocycles. The number of hydrogen-bond donors (Lipinski definition) is 3. The molecule has 0 aliphatic carbocycles. The Hall–Kier alpha value is -3.86. The van der Waals surface area contributed by atoms with Crippen molar-refractivity contribution in [3.05, 3.63) is 60.7 Å². The number of nitrogens with zero attached hydrogens (tertiary/aromatic N) is 2. The van der Waals surface area contributed by atoms with Crippen LogP contribution < -0.4 is 15.4 Å². The summed E-state index contributed by atoms with van der Waals surface area (Å²) in [6.07, 6.45) is -6.18. The summed E-state index contributed by atoms with van der Waals surface area (Å²) in [6.45, 7) is 1.52. The van der Waals surface area contributed by atoms with Gasteiger partial charge < -0.3 is 20.5 Å². The summed E-state index contributed by atoms with van der Waals surface area (Å²) in [7, 11) is 0. The molecule has 0 spiro atoms. The van der Waals surface area contributed by atoms with Crippen LogP contribution in [-0.2, 0) is 9.59 Å². The zero-order valence-corrected chi connectivity index (χ0v) is 17.2. The number of carbonyl (C=O) groups is 2. The second-order valence-corrected chi connectivity index (χ2v) is 7.49. The standard InChI is InChI=1S/C22H19F3N4O4/c1-12-18(21(32)27-19(12)30)20(31)26-17-11-16(29(28-17)14-7-3-2-4-8-14)13-6-5-9-15(10-13)33-22(23,24)25/h2-12,18,21,32H,1H3,(H,27,30)(H,26,28,31). The molecule has 0 bridgehead atoms. The van der Waals surface area contributed by atoms with Gasteiger partial charge in [-0.05, 0) is 24.3 Å². The lowest BCUT2D eigenvalue weighted by molar-refractivity contribution is -0.274. The molecule has 4 rings (SSSR count). The molecule has 1 aliphatic heterocycles. The van der Waals surface area contributed by atoms with E-state index in [1.54, 1.807) is 36.4 Å². The Kier molecular flexibility index (Phi) is 5.81. The molecule has 11 heteroatoms. The normalized spacial score (nSPS) is 20.4. The molecule has 0 radical (unpaired) electrons. The highest BCUT2D eigenvalue weighted by atomic mass is 19.4. The first-order valence-electron chi connectivity index (χ1n) is 9.93. The maximum absolute atomic E-state index is 12.7. The smallest absolute Gasteiger partial charge is 0.406 e. The first-order valence-corrected chi connectivity index (χ1v) is 9.93. The quantitative estimate of drug-likeness (QED) is 0.543. The number of aliphatic hydroxyl groups is 1. The molecule has 3 atom stereocenters. The van der Waals surface area contributed by atoms with Gasteiger partial charge in [-0.1, -0.05) is 37.3 Å². The van der Waals surface area contributed by atoms with Gasteiger partial charge in [0.05, 0.1) is 23.2 Å². The maximum atomic E-state index is 12.7. The third-order valence-electron chi connectivity index (χ3n) is 5.21. The summed E-state index contributed by atoms with van der Waals surface area (Å²) in [5.41, 5.74) is 1.35. The van der Waals surface area contributed by atoms with E-state index in [4.69, 9.17) is 0 Å². The summed E-state index contributed by atoms with van der Waals surface area (Å²) in [4.78, 5) is 24.5. The van der Waals surface area contributed by atoms with E-state index in [1.165, 1.54) is 35.9 Å². The number of carbonyl (C=O) groups excluding carboxylic acids is 2. The van der Waals surface area contributed by atoms with E-state index in [2.05, 4.69) is 20.5 Å². The first kappa shape index (κ1) is 22.3. The van der Waals surface area contributed by atoms with Crippen LogP contribution in [0.5, 0.6) is 5.75 Å². The summed E-state index contributed by atoms with van der Waals surface area (Å²) in [6, 6.07) is 15.6. The first-order chi connectivity index (χ1) is 15.6. The number of hydrogen-bond acceptors (Lipinski definition) is 5. The molecule has 1 fully saturated rings. The molecular weight excluding hydrogens is 441 g/mol. The average molecular weight is 460 g/mol. The minimum atomic E-state index is -4.85. The number of nitrogens with one attached hydrogen (secondary N) is 2. The third-order valence-corrected chi connectivity index (χ3v) is 5.21. The van der Waals surface area contributed by atoms with Crippen molar-refractivity contribution in [3.8, 4) is 22.7 Å². The molecule has 3 unspecified atom stereocenters. The van der Waals surface area contributed by atoms with E-state index in [1.807, 2.05) is 0 Å². The van der Waals surface area contributed by atoms with Gasteiger partial charge in [-0.15, -0.1) is 18.3 Å². The van der Waals surface area contributed by atoms with E-state index < -0.39 is 42.0 Å². The number of ether oxygens (including phenoxy) is 1. The molecule has 3 N–H and O–H groups in total. The van der Waals surface area contributed by atoms with Crippen LogP contribution in [0, 0.1) is 11.8 Å². The summed E-state index contributed by atoms with van der Waals surface area (Å²) in [5, 5.41) is 19.3. The van der Waals surface area contributed by atoms with Crippen LogP contribution in [0.4, 0.5) is 19.0 Å². The highest BCUT2D eigenvalue weighted by Crippen LogP contribution is 2.31. The van der Waals surface area contributed by atoms with Crippen molar-refractivity contribution in [2.75, 3.05) is 5.32 Å². The van der Waals surface area contributed by atoms with E-state index >= 15 is 0 Å². The second kappa shape index (κ2) is 8.58. The predicted octanol–water partition coefficient (Wildman–Crippen LogP) is 3.08. The fourth-order valence-electron chi connectivity index (χ4n) is 3.65. The average Bonchev–Trinajstić information content (AvgIpc) is 3.27. The minimum absolute atomic E-state index is 0.0970. The Morgan fingerprint density at radius 2 is 1.88 bits per heavy atom. The Morgan fingerprint density at radius 1 is 1.15 bits per heavy atom. The van der Waals surface area contributed by atoms with E-state index in [-0.39, 0.29) is 5.82 Å². The van der Waals surface area contributed by atoms with Crippen LogP contribution >= 0.6 is 0 Å². The molecule has 8 nitrogen and oxygen atoms in total. The second-order valence-electron chi connectivity index (χ2n) is 7.49. The zero-order chi connectivity index (χ0) is 23.8. The predicted molar refractivity (Wildman–Crippen MR) is 111 cm³/mol. The van der Waals surface area contributed by atoms with E-state index in [0.29, 0.717) is 16.9 Å². The van der Waals surface area contributed by atoms with Crippen molar-refractivity contribution in [1.29, 1.82) is 0 Å². The molecule has 33 heavy (non-hydrogen) atoms. The van der Waals surface area contributed by atoms with Gasteiger partial charge in [0.2, 0.25) is 11.8 Å². The number of amides is 2. The van der Waals surface area contributed by atoms with Crippen LogP contribution in [0.2, 0.25) is 0 Å². The molecule has 2 amide bonds. The monoisotopic (exact) mass is 460 g/mol. The summed E-state index contributed by atoms with van der Waals surface area (Å²) >= 11 is 0. The van der Waals surface area contributed by atoms with Gasteiger partial charge in [-0.25, -0.2) is 4.68 Å². The van der Waals surface area contributed by atoms with Crippen LogP contribution in [0.1, 0.15) is 6.92 Å². The zero-order valence-electron chi connectivity index (χ0n) is 17.2. The Balaban J connectivity index is 1.70. The van der Waals surface area contributed by atoms with Gasteiger partial charge in [-0.3, -0.25) is 9.59 Å². The number of rotatable bonds is 5. The number of alkyl halides is 3. The highest BCUT2D eigenvalue weighted by Gasteiger charge is 2.43. The molecule has 3 aromatic rings. The molecule has 172 valence electrons. The van der Waals surface area contributed by atoms with Crippen LogP contribution in [0.25, 0.3) is 16.9 Å². The Labute approximate surface area is 186 Å². The maximum Gasteiger partial charge on any atom is 0.573 e. The summed E-state index contributed by atoms with van der Waals surface area (Å²) in [5.74, 6) is -3.14. The fourth-order valence-corrected chi connectivity index (χ4v) is 3.65. The number of para-hydroxylation sites is 1. The van der Waals surface area contributed by atoms with Crippen LogP contribution in [0.3, 0.4) is 0 Å². The fraction of sp³-hybridized carbons (Fsp3) is 0.227. The number of benzene rings is 2. The van der Waals surface area contributed by atoms with Crippen molar-refractivity contribution in [3.63, 3.8) is 0 Å². The van der Waals surface area contributed by atoms with Crippen LogP contribution in [0.15, 0.2) is 60.7 Å². The lowest BCUT2D eigenvalue weighted by Gasteiger charge is -2.15. The van der Waals surface area contributed by atoms with Gasteiger partial charge in [-0.2, -0.15) is 0 Å². The van der Waals surface area contributed by atoms with Gasteiger partial charge in [0.1, 0.15) is 12.0 Å². The van der Waals surface area contributed by atoms with Crippen molar-refractivity contribution < 1.29 is 32.6 Å². The van der Waals surface area contributed by atoms with E-state index in [9.17, 15) is 27.9 Å². The molecule has 1 aliphatic rings. The molecule has 1 saturated heterocycles. The van der Waals surface area contributed by atoms with Crippen molar-refractivity contribution in [2.45, 2.75) is 19.5 Å². The summed E-state index contributed by atoms with van der Waals surface area (Å²) < 4.78 is 43.5. The molecule has 0 saturated carbocycles. The van der Waals surface area contributed by atoms with Crippen LogP contribution in [-0.4, -0.2) is 39.3 Å². The SMILES string of the molecule is CC1C(=O)NC(O)C1C(=O)Nc1cc(-c2cccc(OC(F)(F)F)c2)n(-c2ccccc2)n1. The highest BCUT2D eigenvalue weighted by molar-refractivity contribution is 5.98. The molecular formula is C22H19F3N4O4. The third kappa shape index (κ3) is 4.82. The number of anilines is 1. The Bertz CT molecular complexity index is 1180. The Morgan fingerprint density at radius 3 is 2.52 bits per heavy atom. The van der Waals surface area contributed by atoms with Gasteiger partial charge >= 0.3 is 6.36 Å². The van der Waals surface area contributed by atoms with Gasteiger partial charge in [0, 0.05) is 11.6 Å². The van der Waals surface area contributed by atoms with Crippen molar-refractivity contribution in [2.24, 2.45) is 11.8 Å². The van der Waals surface area contributed by atoms with Gasteiger partial charge in [0.25, 0.3) is 0 Å². The number of aromatic nitrogens is 2.